The standard InChI is InChI=1S/C11H11F3N2O4/c1-5-8(15-4-20-5)9(17)16-2-6(10(18)19)7(3-16)11(12,13)14/h4,6-7H,2-3H2,1H3,(H,18,19)/t6-,7-/m1/s1. The minimum atomic E-state index is -4.67. The molecule has 2 heterocycles. The molecule has 1 fully saturated rings. The minimum absolute atomic E-state index is 0.100. The summed E-state index contributed by atoms with van der Waals surface area (Å²) in [5.74, 6) is -5.88. The van der Waals surface area contributed by atoms with Gasteiger partial charge in [0.2, 0.25) is 0 Å². The molecular formula is C11H11F3N2O4. The Kier molecular flexibility index (Phi) is 3.45. The quantitative estimate of drug-likeness (QED) is 0.888. The molecule has 1 aromatic rings. The molecule has 0 radical (unpaired) electrons. The molecule has 0 unspecified atom stereocenters. The molecule has 0 aromatic carbocycles. The fourth-order valence-corrected chi connectivity index (χ4v) is 2.21. The van der Waals surface area contributed by atoms with E-state index in [9.17, 15) is 22.8 Å². The van der Waals surface area contributed by atoms with Crippen LogP contribution in [0.3, 0.4) is 0 Å². The lowest BCUT2D eigenvalue weighted by Crippen LogP contribution is -2.34. The van der Waals surface area contributed by atoms with Crippen LogP contribution in [0.2, 0.25) is 0 Å². The van der Waals surface area contributed by atoms with Crippen molar-refractivity contribution in [2.45, 2.75) is 13.1 Å². The fraction of sp³-hybridized carbons (Fsp3) is 0.545. The van der Waals surface area contributed by atoms with E-state index in [1.54, 1.807) is 0 Å². The molecule has 0 spiro atoms. The van der Waals surface area contributed by atoms with Crippen LogP contribution in [0.5, 0.6) is 0 Å². The molecular weight excluding hydrogens is 281 g/mol. The van der Waals surface area contributed by atoms with E-state index >= 15 is 0 Å². The Morgan fingerprint density at radius 1 is 1.45 bits per heavy atom. The number of aliphatic carboxylic acids is 1. The molecule has 9 heteroatoms. The number of aromatic nitrogens is 1. The second-order valence-corrected chi connectivity index (χ2v) is 4.56. The van der Waals surface area contributed by atoms with Crippen LogP contribution in [0.1, 0.15) is 16.2 Å². The number of halogens is 3. The summed E-state index contributed by atoms with van der Waals surface area (Å²) >= 11 is 0. The summed E-state index contributed by atoms with van der Waals surface area (Å²) < 4.78 is 43.2. The van der Waals surface area contributed by atoms with E-state index in [0.29, 0.717) is 0 Å². The highest BCUT2D eigenvalue weighted by Crippen LogP contribution is 2.38. The van der Waals surface area contributed by atoms with Crippen LogP contribution in [0, 0.1) is 18.8 Å². The molecule has 110 valence electrons. The van der Waals surface area contributed by atoms with Gasteiger partial charge in [-0.2, -0.15) is 13.2 Å². The maximum Gasteiger partial charge on any atom is 0.394 e. The van der Waals surface area contributed by atoms with Gasteiger partial charge in [0.15, 0.2) is 12.1 Å². The molecule has 1 aliphatic rings. The van der Waals surface area contributed by atoms with Gasteiger partial charge in [0.05, 0.1) is 11.8 Å². The molecule has 0 saturated carbocycles. The van der Waals surface area contributed by atoms with Crippen molar-refractivity contribution in [3.8, 4) is 0 Å². The zero-order valence-electron chi connectivity index (χ0n) is 10.3. The molecule has 2 rings (SSSR count). The van der Waals surface area contributed by atoms with E-state index in [2.05, 4.69) is 4.98 Å². The normalized spacial score (nSPS) is 23.1. The maximum absolute atomic E-state index is 12.8. The number of hydrogen-bond donors (Lipinski definition) is 1. The van der Waals surface area contributed by atoms with Crippen molar-refractivity contribution in [2.75, 3.05) is 13.1 Å². The highest BCUT2D eigenvalue weighted by atomic mass is 19.4. The zero-order valence-corrected chi connectivity index (χ0v) is 10.3. The number of carboxylic acids is 1. The highest BCUT2D eigenvalue weighted by Gasteiger charge is 2.53. The number of oxazole rings is 1. The number of amides is 1. The van der Waals surface area contributed by atoms with Gasteiger partial charge in [0.1, 0.15) is 5.76 Å². The van der Waals surface area contributed by atoms with Crippen molar-refractivity contribution in [3.05, 3.63) is 17.8 Å². The first-order chi connectivity index (χ1) is 9.21. The molecule has 1 N–H and O–H groups in total. The van der Waals surface area contributed by atoms with Crippen molar-refractivity contribution in [1.82, 2.24) is 9.88 Å². The summed E-state index contributed by atoms with van der Waals surface area (Å²) in [5, 5.41) is 8.86. The lowest BCUT2D eigenvalue weighted by molar-refractivity contribution is -0.187. The monoisotopic (exact) mass is 292 g/mol. The Morgan fingerprint density at radius 3 is 2.50 bits per heavy atom. The third-order valence-corrected chi connectivity index (χ3v) is 3.29. The number of likely N-dealkylation sites (tertiary alicyclic amines) is 1. The van der Waals surface area contributed by atoms with Gasteiger partial charge in [0.25, 0.3) is 5.91 Å². The number of hydrogen-bond acceptors (Lipinski definition) is 4. The number of aryl methyl sites for hydroxylation is 1. The molecule has 0 bridgehead atoms. The van der Waals surface area contributed by atoms with E-state index in [4.69, 9.17) is 9.52 Å². The molecule has 6 nitrogen and oxygen atoms in total. The van der Waals surface area contributed by atoms with E-state index < -0.39 is 43.0 Å². The Bertz CT molecular complexity index is 540. The number of rotatable bonds is 2. The summed E-state index contributed by atoms with van der Waals surface area (Å²) in [6.45, 7) is 0.266. The van der Waals surface area contributed by atoms with Crippen molar-refractivity contribution in [1.29, 1.82) is 0 Å². The van der Waals surface area contributed by atoms with Crippen LogP contribution >= 0.6 is 0 Å². The topological polar surface area (TPSA) is 83.6 Å². The smallest absolute Gasteiger partial charge is 0.394 e. The molecule has 1 saturated heterocycles. The lowest BCUT2D eigenvalue weighted by atomic mass is 9.96. The molecule has 2 atom stereocenters. The van der Waals surface area contributed by atoms with Crippen LogP contribution < -0.4 is 0 Å². The van der Waals surface area contributed by atoms with Crippen molar-refractivity contribution in [3.63, 3.8) is 0 Å². The molecule has 1 aromatic heterocycles. The first-order valence-electron chi connectivity index (χ1n) is 5.70. The van der Waals surface area contributed by atoms with Crippen LogP contribution in [-0.4, -0.2) is 46.1 Å². The Balaban J connectivity index is 2.22. The highest BCUT2D eigenvalue weighted by molar-refractivity contribution is 5.93. The Labute approximate surface area is 111 Å². The number of nitrogens with zero attached hydrogens (tertiary/aromatic N) is 2. The van der Waals surface area contributed by atoms with Crippen LogP contribution in [0.15, 0.2) is 10.8 Å². The van der Waals surface area contributed by atoms with Crippen molar-refractivity contribution >= 4 is 11.9 Å². The zero-order chi connectivity index (χ0) is 15.1. The third-order valence-electron chi connectivity index (χ3n) is 3.29. The average Bonchev–Trinajstić information content (AvgIpc) is 2.92. The second kappa shape index (κ2) is 4.80. The number of carbonyl (C=O) groups is 2. The summed E-state index contributed by atoms with van der Waals surface area (Å²) in [6.07, 6.45) is -3.66. The average molecular weight is 292 g/mol. The van der Waals surface area contributed by atoms with Gasteiger partial charge in [-0.3, -0.25) is 9.59 Å². The minimum Gasteiger partial charge on any atom is -0.481 e. The predicted molar refractivity (Wildman–Crippen MR) is 57.8 cm³/mol. The van der Waals surface area contributed by atoms with Crippen molar-refractivity contribution < 1.29 is 32.3 Å². The van der Waals surface area contributed by atoms with Gasteiger partial charge in [-0.15, -0.1) is 0 Å². The summed E-state index contributed by atoms with van der Waals surface area (Å²) in [5.41, 5.74) is -0.100. The van der Waals surface area contributed by atoms with Gasteiger partial charge in [-0.05, 0) is 6.92 Å². The van der Waals surface area contributed by atoms with Crippen LogP contribution in [0.25, 0.3) is 0 Å². The van der Waals surface area contributed by atoms with Gasteiger partial charge >= 0.3 is 12.1 Å². The van der Waals surface area contributed by atoms with Gasteiger partial charge in [0, 0.05) is 13.1 Å². The van der Waals surface area contributed by atoms with Gasteiger partial charge in [-0.1, -0.05) is 0 Å². The Hall–Kier alpha value is -2.06. The number of carboxylic acid groups (broad SMARTS) is 1. The van der Waals surface area contributed by atoms with Crippen molar-refractivity contribution in [2.24, 2.45) is 11.8 Å². The lowest BCUT2D eigenvalue weighted by Gasteiger charge is -2.18. The van der Waals surface area contributed by atoms with E-state index in [1.165, 1.54) is 6.92 Å². The fourth-order valence-electron chi connectivity index (χ4n) is 2.21. The van der Waals surface area contributed by atoms with E-state index in [1.807, 2.05) is 0 Å². The molecule has 1 aliphatic heterocycles. The number of carbonyl (C=O) groups excluding carboxylic acids is 1. The summed E-state index contributed by atoms with van der Waals surface area (Å²) in [6, 6.07) is 0. The van der Waals surface area contributed by atoms with Crippen LogP contribution in [-0.2, 0) is 4.79 Å². The first-order valence-corrected chi connectivity index (χ1v) is 5.70. The maximum atomic E-state index is 12.8. The van der Waals surface area contributed by atoms with E-state index in [0.717, 1.165) is 11.3 Å². The largest absolute Gasteiger partial charge is 0.481 e. The molecule has 1 amide bonds. The number of alkyl halides is 3. The second-order valence-electron chi connectivity index (χ2n) is 4.56. The van der Waals surface area contributed by atoms with Gasteiger partial charge in [-0.25, -0.2) is 4.98 Å². The first kappa shape index (κ1) is 14.4. The van der Waals surface area contributed by atoms with Crippen LogP contribution in [0.4, 0.5) is 13.2 Å². The predicted octanol–water partition coefficient (Wildman–Crippen LogP) is 1.32. The summed E-state index contributed by atoms with van der Waals surface area (Å²) in [4.78, 5) is 27.4. The summed E-state index contributed by atoms with van der Waals surface area (Å²) in [7, 11) is 0. The van der Waals surface area contributed by atoms with E-state index in [-0.39, 0.29) is 11.5 Å². The molecule has 0 aliphatic carbocycles. The third kappa shape index (κ3) is 2.47. The SMILES string of the molecule is Cc1ocnc1C(=O)N1C[C@@H](C(F)(F)F)[C@H](C(=O)O)C1. The Morgan fingerprint density at radius 2 is 2.10 bits per heavy atom. The van der Waals surface area contributed by atoms with Gasteiger partial charge < -0.3 is 14.4 Å². The molecule has 20 heavy (non-hydrogen) atoms.